The van der Waals surface area contributed by atoms with Gasteiger partial charge in [0.1, 0.15) is 12.6 Å². The van der Waals surface area contributed by atoms with Crippen molar-refractivity contribution in [2.24, 2.45) is 0 Å². The van der Waals surface area contributed by atoms with Gasteiger partial charge in [0.05, 0.1) is 0 Å². The average Bonchev–Trinajstić information content (AvgIpc) is 2.63. The molecule has 1 heterocycles. The van der Waals surface area contributed by atoms with Crippen LogP contribution in [0, 0.1) is 0 Å². The molecule has 1 saturated heterocycles. The van der Waals surface area contributed by atoms with Gasteiger partial charge in [-0.05, 0) is 18.2 Å². The maximum absolute atomic E-state index is 11.7. The van der Waals surface area contributed by atoms with Gasteiger partial charge in [-0.1, -0.05) is 23.2 Å². The van der Waals surface area contributed by atoms with E-state index < -0.39 is 12.1 Å². The number of rotatable bonds is 2. The largest absolute Gasteiger partial charge is 0.447 e. The lowest BCUT2D eigenvalue weighted by Crippen LogP contribution is -2.38. The standard InChI is InChI=1S/C10H8Cl2N2O3/c11-5-1-6(12)3-7(2-5)13-9(15)8-4-17-10(16)14-8/h1-3,8H,4H2,(H,13,15)(H,14,16). The Bertz CT molecular complexity index is 458. The molecular formula is C10H8Cl2N2O3. The fourth-order valence-electron chi connectivity index (χ4n) is 1.38. The van der Waals surface area contributed by atoms with Crippen molar-refractivity contribution in [1.82, 2.24) is 5.32 Å². The van der Waals surface area contributed by atoms with E-state index >= 15 is 0 Å². The summed E-state index contributed by atoms with van der Waals surface area (Å²) in [6, 6.07) is 3.98. The minimum atomic E-state index is -0.694. The van der Waals surface area contributed by atoms with Crippen molar-refractivity contribution in [3.8, 4) is 0 Å². The number of anilines is 1. The third-order valence-electron chi connectivity index (χ3n) is 2.12. The van der Waals surface area contributed by atoms with Gasteiger partial charge in [0.15, 0.2) is 0 Å². The van der Waals surface area contributed by atoms with Crippen molar-refractivity contribution in [1.29, 1.82) is 0 Å². The van der Waals surface area contributed by atoms with Crippen LogP contribution >= 0.6 is 23.2 Å². The number of carbonyl (C=O) groups is 2. The van der Waals surface area contributed by atoms with Crippen molar-refractivity contribution in [2.45, 2.75) is 6.04 Å². The van der Waals surface area contributed by atoms with E-state index in [0.29, 0.717) is 15.7 Å². The van der Waals surface area contributed by atoms with Crippen molar-refractivity contribution in [3.05, 3.63) is 28.2 Å². The maximum atomic E-state index is 11.7. The van der Waals surface area contributed by atoms with Crippen LogP contribution in [-0.2, 0) is 9.53 Å². The molecule has 0 radical (unpaired) electrons. The lowest BCUT2D eigenvalue weighted by molar-refractivity contribution is -0.117. The highest BCUT2D eigenvalue weighted by molar-refractivity contribution is 6.35. The second-order valence-corrected chi connectivity index (χ2v) is 4.32. The number of hydrogen-bond acceptors (Lipinski definition) is 3. The number of halogens is 2. The fraction of sp³-hybridized carbons (Fsp3) is 0.200. The Morgan fingerprint density at radius 2 is 2.00 bits per heavy atom. The van der Waals surface area contributed by atoms with E-state index in [2.05, 4.69) is 15.4 Å². The predicted molar refractivity (Wildman–Crippen MR) is 63.4 cm³/mol. The normalized spacial score (nSPS) is 18.5. The monoisotopic (exact) mass is 274 g/mol. The molecule has 7 heteroatoms. The number of nitrogens with one attached hydrogen (secondary N) is 2. The molecule has 1 unspecified atom stereocenters. The van der Waals surface area contributed by atoms with E-state index in [-0.39, 0.29) is 12.5 Å². The van der Waals surface area contributed by atoms with Crippen molar-refractivity contribution < 1.29 is 14.3 Å². The number of hydrogen-bond donors (Lipinski definition) is 2. The highest BCUT2D eigenvalue weighted by Crippen LogP contribution is 2.22. The molecule has 1 fully saturated rings. The Labute approximate surface area is 107 Å². The lowest BCUT2D eigenvalue weighted by atomic mass is 10.2. The Morgan fingerprint density at radius 3 is 2.53 bits per heavy atom. The van der Waals surface area contributed by atoms with E-state index in [4.69, 9.17) is 23.2 Å². The smallest absolute Gasteiger partial charge is 0.407 e. The summed E-state index contributed by atoms with van der Waals surface area (Å²) < 4.78 is 4.61. The maximum Gasteiger partial charge on any atom is 0.407 e. The van der Waals surface area contributed by atoms with Crippen molar-refractivity contribution in [2.75, 3.05) is 11.9 Å². The number of benzene rings is 1. The highest BCUT2D eigenvalue weighted by Gasteiger charge is 2.28. The van der Waals surface area contributed by atoms with Crippen LogP contribution in [0.2, 0.25) is 10.0 Å². The SMILES string of the molecule is O=C1NC(C(=O)Nc2cc(Cl)cc(Cl)c2)CO1. The number of amides is 2. The Morgan fingerprint density at radius 1 is 1.35 bits per heavy atom. The first-order chi connectivity index (χ1) is 8.04. The first-order valence-corrected chi connectivity index (χ1v) is 5.50. The van der Waals surface area contributed by atoms with Gasteiger partial charge in [-0.15, -0.1) is 0 Å². The highest BCUT2D eigenvalue weighted by atomic mass is 35.5. The zero-order chi connectivity index (χ0) is 12.4. The Kier molecular flexibility index (Phi) is 3.40. The molecule has 0 saturated carbocycles. The lowest BCUT2D eigenvalue weighted by Gasteiger charge is -2.09. The number of alkyl carbamates (subject to hydrolysis) is 1. The molecule has 90 valence electrons. The third kappa shape index (κ3) is 3.01. The predicted octanol–water partition coefficient (Wildman–Crippen LogP) is 2.04. The first kappa shape index (κ1) is 12.0. The fourth-order valence-corrected chi connectivity index (χ4v) is 1.91. The second-order valence-electron chi connectivity index (χ2n) is 3.44. The minimum absolute atomic E-state index is 0.0129. The molecule has 2 amide bonds. The first-order valence-electron chi connectivity index (χ1n) is 4.75. The van der Waals surface area contributed by atoms with Crippen LogP contribution in [0.4, 0.5) is 10.5 Å². The molecule has 0 spiro atoms. The van der Waals surface area contributed by atoms with Crippen LogP contribution in [0.25, 0.3) is 0 Å². The molecule has 2 rings (SSSR count). The van der Waals surface area contributed by atoms with E-state index in [1.54, 1.807) is 18.2 Å². The van der Waals surface area contributed by atoms with Gasteiger partial charge < -0.3 is 15.4 Å². The second kappa shape index (κ2) is 4.81. The van der Waals surface area contributed by atoms with Gasteiger partial charge in [-0.3, -0.25) is 4.79 Å². The van der Waals surface area contributed by atoms with E-state index in [0.717, 1.165) is 0 Å². The summed E-state index contributed by atoms with van der Waals surface area (Å²) in [6.07, 6.45) is -0.603. The number of ether oxygens (including phenoxy) is 1. The molecule has 1 atom stereocenters. The quantitative estimate of drug-likeness (QED) is 0.867. The number of carbonyl (C=O) groups excluding carboxylic acids is 2. The zero-order valence-corrected chi connectivity index (χ0v) is 10.0. The van der Waals surface area contributed by atoms with Gasteiger partial charge in [0.2, 0.25) is 0 Å². The molecule has 1 aliphatic heterocycles. The number of cyclic esters (lactones) is 1. The van der Waals surface area contributed by atoms with Gasteiger partial charge in [-0.25, -0.2) is 4.79 Å². The molecule has 0 bridgehead atoms. The summed E-state index contributed by atoms with van der Waals surface area (Å²) in [4.78, 5) is 22.5. The Hall–Kier alpha value is -1.46. The molecule has 2 N–H and O–H groups in total. The molecular weight excluding hydrogens is 267 g/mol. The van der Waals surface area contributed by atoms with Crippen LogP contribution in [0.15, 0.2) is 18.2 Å². The van der Waals surface area contributed by atoms with Gasteiger partial charge in [0.25, 0.3) is 5.91 Å². The Balaban J connectivity index is 2.05. The molecule has 1 aromatic rings. The minimum Gasteiger partial charge on any atom is -0.447 e. The van der Waals surface area contributed by atoms with E-state index in [9.17, 15) is 9.59 Å². The third-order valence-corrected chi connectivity index (χ3v) is 2.56. The molecule has 5 nitrogen and oxygen atoms in total. The van der Waals surface area contributed by atoms with Crippen molar-refractivity contribution in [3.63, 3.8) is 0 Å². The van der Waals surface area contributed by atoms with Gasteiger partial charge >= 0.3 is 6.09 Å². The summed E-state index contributed by atoms with van der Waals surface area (Å²) in [5.41, 5.74) is 0.466. The molecule has 0 aromatic heterocycles. The summed E-state index contributed by atoms with van der Waals surface area (Å²) >= 11 is 11.6. The van der Waals surface area contributed by atoms with Crippen LogP contribution < -0.4 is 10.6 Å². The summed E-state index contributed by atoms with van der Waals surface area (Å²) in [5.74, 6) is -0.380. The summed E-state index contributed by atoms with van der Waals surface area (Å²) in [7, 11) is 0. The van der Waals surface area contributed by atoms with Crippen molar-refractivity contribution >= 4 is 40.9 Å². The van der Waals surface area contributed by atoms with Crippen LogP contribution in [0.3, 0.4) is 0 Å². The average molecular weight is 275 g/mol. The summed E-state index contributed by atoms with van der Waals surface area (Å²) in [5, 5.41) is 5.78. The molecule has 0 aliphatic carbocycles. The van der Waals surface area contributed by atoms with Gasteiger partial charge in [-0.2, -0.15) is 0 Å². The summed E-state index contributed by atoms with van der Waals surface area (Å²) in [6.45, 7) is 0.0129. The van der Waals surface area contributed by atoms with Crippen LogP contribution in [0.5, 0.6) is 0 Å². The molecule has 17 heavy (non-hydrogen) atoms. The molecule has 1 aromatic carbocycles. The molecule has 1 aliphatic rings. The van der Waals surface area contributed by atoms with E-state index in [1.165, 1.54) is 0 Å². The van der Waals surface area contributed by atoms with Crippen LogP contribution in [0.1, 0.15) is 0 Å². The van der Waals surface area contributed by atoms with E-state index in [1.807, 2.05) is 0 Å². The zero-order valence-electron chi connectivity index (χ0n) is 8.50. The van der Waals surface area contributed by atoms with Gasteiger partial charge in [0, 0.05) is 15.7 Å². The topological polar surface area (TPSA) is 67.4 Å². The van der Waals surface area contributed by atoms with Crippen LogP contribution in [-0.4, -0.2) is 24.6 Å².